The molecule has 1 aliphatic rings. The summed E-state index contributed by atoms with van der Waals surface area (Å²) in [6.07, 6.45) is 0. The third-order valence-corrected chi connectivity index (χ3v) is 2.77. The number of amides is 2. The van der Waals surface area contributed by atoms with Crippen molar-refractivity contribution in [2.24, 2.45) is 5.92 Å². The lowest BCUT2D eigenvalue weighted by Gasteiger charge is -2.27. The van der Waals surface area contributed by atoms with Crippen LogP contribution in [0.15, 0.2) is 24.3 Å². The van der Waals surface area contributed by atoms with Gasteiger partial charge in [0, 0.05) is 31.2 Å². The summed E-state index contributed by atoms with van der Waals surface area (Å²) in [6, 6.07) is 7.07. The Hall–Kier alpha value is -1.75. The smallest absolute Gasteiger partial charge is 0.319 e. The summed E-state index contributed by atoms with van der Waals surface area (Å²) in [5, 5.41) is 8.77. The van der Waals surface area contributed by atoms with Gasteiger partial charge in [0.25, 0.3) is 0 Å². The Morgan fingerprint density at radius 2 is 2.12 bits per heavy atom. The standard InChI is InChI=1S/C12H17N3O2/c1-17-11-4-2-10(3-5-11)15-12(16)14-8-9-6-13-7-9/h2-5,9,13H,6-8H2,1H3,(H2,14,15,16). The van der Waals surface area contributed by atoms with Crippen molar-refractivity contribution in [1.82, 2.24) is 10.6 Å². The molecule has 5 nitrogen and oxygen atoms in total. The van der Waals surface area contributed by atoms with Crippen molar-refractivity contribution in [3.05, 3.63) is 24.3 Å². The monoisotopic (exact) mass is 235 g/mol. The van der Waals surface area contributed by atoms with E-state index in [-0.39, 0.29) is 6.03 Å². The fourth-order valence-corrected chi connectivity index (χ4v) is 1.58. The maximum Gasteiger partial charge on any atom is 0.319 e. The second kappa shape index (κ2) is 5.54. The van der Waals surface area contributed by atoms with E-state index in [1.165, 1.54) is 0 Å². The Kier molecular flexibility index (Phi) is 3.82. The van der Waals surface area contributed by atoms with Gasteiger partial charge in [0.1, 0.15) is 5.75 Å². The Labute approximate surface area is 101 Å². The van der Waals surface area contributed by atoms with Crippen LogP contribution in [0.3, 0.4) is 0 Å². The molecule has 0 aliphatic carbocycles. The number of carbonyl (C=O) groups is 1. The second-order valence-corrected chi connectivity index (χ2v) is 4.09. The normalized spacial score (nSPS) is 14.9. The Bertz CT molecular complexity index is 374. The number of rotatable bonds is 4. The summed E-state index contributed by atoms with van der Waals surface area (Å²) < 4.78 is 5.04. The zero-order valence-corrected chi connectivity index (χ0v) is 9.82. The highest BCUT2D eigenvalue weighted by atomic mass is 16.5. The third-order valence-electron chi connectivity index (χ3n) is 2.77. The SMILES string of the molecule is COc1ccc(NC(=O)NCC2CNC2)cc1. The molecule has 1 heterocycles. The van der Waals surface area contributed by atoms with Gasteiger partial charge in [0.2, 0.25) is 0 Å². The number of nitrogens with one attached hydrogen (secondary N) is 3. The fraction of sp³-hybridized carbons (Fsp3) is 0.417. The molecule has 2 rings (SSSR count). The molecule has 0 atom stereocenters. The lowest BCUT2D eigenvalue weighted by atomic mass is 10.0. The first kappa shape index (κ1) is 11.7. The van der Waals surface area contributed by atoms with Gasteiger partial charge in [0.05, 0.1) is 7.11 Å². The highest BCUT2D eigenvalue weighted by molar-refractivity contribution is 5.89. The van der Waals surface area contributed by atoms with Crippen LogP contribution in [-0.4, -0.2) is 32.8 Å². The van der Waals surface area contributed by atoms with Crippen LogP contribution in [0.2, 0.25) is 0 Å². The minimum atomic E-state index is -0.165. The van der Waals surface area contributed by atoms with Crippen molar-refractivity contribution in [3.63, 3.8) is 0 Å². The molecule has 0 radical (unpaired) electrons. The number of methoxy groups -OCH3 is 1. The van der Waals surface area contributed by atoms with Crippen molar-refractivity contribution in [2.75, 3.05) is 32.1 Å². The first-order chi connectivity index (χ1) is 8.28. The molecule has 1 aromatic rings. The van der Waals surface area contributed by atoms with Gasteiger partial charge in [-0.25, -0.2) is 4.79 Å². The molecule has 3 N–H and O–H groups in total. The Morgan fingerprint density at radius 3 is 2.65 bits per heavy atom. The van der Waals surface area contributed by atoms with E-state index in [1.54, 1.807) is 7.11 Å². The van der Waals surface area contributed by atoms with Gasteiger partial charge in [-0.2, -0.15) is 0 Å². The molecule has 2 amide bonds. The van der Waals surface area contributed by atoms with Crippen LogP contribution in [-0.2, 0) is 0 Å². The molecule has 0 aromatic heterocycles. The first-order valence-electron chi connectivity index (χ1n) is 5.67. The van der Waals surface area contributed by atoms with E-state index in [1.807, 2.05) is 24.3 Å². The highest BCUT2D eigenvalue weighted by Gasteiger charge is 2.16. The van der Waals surface area contributed by atoms with Crippen LogP contribution >= 0.6 is 0 Å². The van der Waals surface area contributed by atoms with Crippen molar-refractivity contribution >= 4 is 11.7 Å². The van der Waals surface area contributed by atoms with E-state index >= 15 is 0 Å². The molecule has 17 heavy (non-hydrogen) atoms. The lowest BCUT2D eigenvalue weighted by molar-refractivity contribution is 0.246. The first-order valence-corrected chi connectivity index (χ1v) is 5.67. The predicted octanol–water partition coefficient (Wildman–Crippen LogP) is 1.04. The Morgan fingerprint density at radius 1 is 1.41 bits per heavy atom. The van der Waals surface area contributed by atoms with Gasteiger partial charge in [0.15, 0.2) is 0 Å². The van der Waals surface area contributed by atoms with E-state index in [0.29, 0.717) is 5.92 Å². The summed E-state index contributed by atoms with van der Waals surface area (Å²) in [5.74, 6) is 1.34. The van der Waals surface area contributed by atoms with Crippen LogP contribution < -0.4 is 20.7 Å². The van der Waals surface area contributed by atoms with Crippen molar-refractivity contribution in [3.8, 4) is 5.75 Å². The zero-order valence-electron chi connectivity index (χ0n) is 9.82. The van der Waals surface area contributed by atoms with Gasteiger partial charge in [-0.3, -0.25) is 0 Å². The molecule has 0 saturated carbocycles. The number of hydrogen-bond acceptors (Lipinski definition) is 3. The van der Waals surface area contributed by atoms with E-state index in [4.69, 9.17) is 4.74 Å². The topological polar surface area (TPSA) is 62.4 Å². The zero-order chi connectivity index (χ0) is 12.1. The van der Waals surface area contributed by atoms with Gasteiger partial charge in [-0.05, 0) is 24.3 Å². The van der Waals surface area contributed by atoms with E-state index in [2.05, 4.69) is 16.0 Å². The van der Waals surface area contributed by atoms with Crippen LogP contribution in [0.1, 0.15) is 0 Å². The fourth-order valence-electron chi connectivity index (χ4n) is 1.58. The van der Waals surface area contributed by atoms with Gasteiger partial charge >= 0.3 is 6.03 Å². The second-order valence-electron chi connectivity index (χ2n) is 4.09. The largest absolute Gasteiger partial charge is 0.497 e. The van der Waals surface area contributed by atoms with Crippen LogP contribution in [0, 0.1) is 5.92 Å². The summed E-state index contributed by atoms with van der Waals surface area (Å²) >= 11 is 0. The molecule has 1 saturated heterocycles. The summed E-state index contributed by atoms with van der Waals surface area (Å²) in [7, 11) is 1.61. The average molecular weight is 235 g/mol. The lowest BCUT2D eigenvalue weighted by Crippen LogP contribution is -2.48. The summed E-state index contributed by atoms with van der Waals surface area (Å²) in [6.45, 7) is 2.70. The summed E-state index contributed by atoms with van der Waals surface area (Å²) in [5.41, 5.74) is 0.759. The molecular formula is C12H17N3O2. The molecule has 0 bridgehead atoms. The minimum Gasteiger partial charge on any atom is -0.497 e. The van der Waals surface area contributed by atoms with Gasteiger partial charge < -0.3 is 20.7 Å². The molecule has 1 fully saturated rings. The summed E-state index contributed by atoms with van der Waals surface area (Å²) in [4.78, 5) is 11.5. The van der Waals surface area contributed by atoms with E-state index < -0.39 is 0 Å². The average Bonchev–Trinajstić information content (AvgIpc) is 2.28. The molecular weight excluding hydrogens is 218 g/mol. The van der Waals surface area contributed by atoms with Crippen LogP contribution in [0.5, 0.6) is 5.75 Å². The predicted molar refractivity (Wildman–Crippen MR) is 66.4 cm³/mol. The number of ether oxygens (including phenoxy) is 1. The molecule has 92 valence electrons. The minimum absolute atomic E-state index is 0.165. The molecule has 1 aliphatic heterocycles. The quantitative estimate of drug-likeness (QED) is 0.730. The van der Waals surface area contributed by atoms with Gasteiger partial charge in [-0.15, -0.1) is 0 Å². The molecule has 0 unspecified atom stereocenters. The van der Waals surface area contributed by atoms with Crippen molar-refractivity contribution < 1.29 is 9.53 Å². The highest BCUT2D eigenvalue weighted by Crippen LogP contribution is 2.14. The molecule has 0 spiro atoms. The Balaban J connectivity index is 1.76. The number of benzene rings is 1. The van der Waals surface area contributed by atoms with Crippen LogP contribution in [0.25, 0.3) is 0 Å². The number of hydrogen-bond donors (Lipinski definition) is 3. The number of anilines is 1. The third kappa shape index (κ3) is 3.35. The number of carbonyl (C=O) groups excluding carboxylic acids is 1. The maximum atomic E-state index is 11.5. The van der Waals surface area contributed by atoms with Gasteiger partial charge in [-0.1, -0.05) is 0 Å². The van der Waals surface area contributed by atoms with Crippen molar-refractivity contribution in [1.29, 1.82) is 0 Å². The van der Waals surface area contributed by atoms with E-state index in [9.17, 15) is 4.79 Å². The van der Waals surface area contributed by atoms with E-state index in [0.717, 1.165) is 31.1 Å². The van der Waals surface area contributed by atoms with Crippen LogP contribution in [0.4, 0.5) is 10.5 Å². The maximum absolute atomic E-state index is 11.5. The number of urea groups is 1. The van der Waals surface area contributed by atoms with Crippen molar-refractivity contribution in [2.45, 2.75) is 0 Å². The molecule has 5 heteroatoms. The molecule has 1 aromatic carbocycles.